The molecule has 0 aromatic heterocycles. The summed E-state index contributed by atoms with van der Waals surface area (Å²) in [5.41, 5.74) is 1.74. The van der Waals surface area contributed by atoms with Gasteiger partial charge in [-0.3, -0.25) is 4.79 Å². The number of rotatable bonds is 7. The zero-order valence-corrected chi connectivity index (χ0v) is 15.1. The Balaban J connectivity index is 1.96. The van der Waals surface area contributed by atoms with Crippen LogP contribution in [0.3, 0.4) is 0 Å². The lowest BCUT2D eigenvalue weighted by Crippen LogP contribution is -2.35. The van der Waals surface area contributed by atoms with Crippen molar-refractivity contribution in [1.82, 2.24) is 9.62 Å². The summed E-state index contributed by atoms with van der Waals surface area (Å²) in [5, 5.41) is 11.4. The second-order valence-electron chi connectivity index (χ2n) is 5.95. The van der Waals surface area contributed by atoms with E-state index in [4.69, 9.17) is 9.84 Å². The average molecular weight is 370 g/mol. The van der Waals surface area contributed by atoms with Crippen LogP contribution in [0.4, 0.5) is 0 Å². The van der Waals surface area contributed by atoms with E-state index < -0.39 is 22.6 Å². The van der Waals surface area contributed by atoms with Crippen LogP contribution in [0.1, 0.15) is 27.9 Å². The molecule has 0 spiro atoms. The number of hydrogen-bond acceptors (Lipinski definition) is 5. The zero-order valence-electron chi connectivity index (χ0n) is 14.2. The number of ether oxygens (including phenoxy) is 1. The third kappa shape index (κ3) is 4.93. The molecule has 25 heavy (non-hydrogen) atoms. The van der Waals surface area contributed by atoms with Gasteiger partial charge in [0.1, 0.15) is 5.75 Å². The van der Waals surface area contributed by atoms with Crippen molar-refractivity contribution in [3.8, 4) is 5.75 Å². The van der Waals surface area contributed by atoms with Gasteiger partial charge in [-0.25, -0.2) is 17.5 Å². The number of carboxylic acids is 1. The lowest BCUT2D eigenvalue weighted by atomic mass is 10.1. The summed E-state index contributed by atoms with van der Waals surface area (Å²) in [6.45, 7) is 4.00. The SMILES string of the molecule is Cc1cc(C(=O)NCCN2CCCS2(=O)=O)cc(C)c1OCC(=O)O. The van der Waals surface area contributed by atoms with Crippen molar-refractivity contribution in [2.45, 2.75) is 20.3 Å². The van der Waals surface area contributed by atoms with Crippen LogP contribution < -0.4 is 10.1 Å². The second kappa shape index (κ2) is 7.83. The molecule has 0 aliphatic carbocycles. The number of carbonyl (C=O) groups is 2. The third-order valence-corrected chi connectivity index (χ3v) is 5.87. The first-order chi connectivity index (χ1) is 11.7. The molecule has 1 saturated heterocycles. The van der Waals surface area contributed by atoms with Crippen molar-refractivity contribution in [3.05, 3.63) is 28.8 Å². The van der Waals surface area contributed by atoms with Crippen LogP contribution in [0.2, 0.25) is 0 Å². The largest absolute Gasteiger partial charge is 0.481 e. The molecule has 0 bridgehead atoms. The van der Waals surface area contributed by atoms with Gasteiger partial charge in [-0.2, -0.15) is 0 Å². The molecule has 1 aliphatic rings. The number of benzene rings is 1. The monoisotopic (exact) mass is 370 g/mol. The summed E-state index contributed by atoms with van der Waals surface area (Å²) < 4.78 is 30.0. The topological polar surface area (TPSA) is 113 Å². The van der Waals surface area contributed by atoms with E-state index in [1.807, 2.05) is 0 Å². The summed E-state index contributed by atoms with van der Waals surface area (Å²) >= 11 is 0. The quantitative estimate of drug-likeness (QED) is 0.724. The van der Waals surface area contributed by atoms with Crippen LogP contribution in [0.25, 0.3) is 0 Å². The summed E-state index contributed by atoms with van der Waals surface area (Å²) in [7, 11) is -3.16. The highest BCUT2D eigenvalue weighted by atomic mass is 32.2. The Bertz CT molecular complexity index is 752. The first kappa shape index (κ1) is 19.2. The highest BCUT2D eigenvalue weighted by molar-refractivity contribution is 7.89. The first-order valence-electron chi connectivity index (χ1n) is 7.92. The maximum absolute atomic E-state index is 12.2. The summed E-state index contributed by atoms with van der Waals surface area (Å²) in [4.78, 5) is 22.9. The van der Waals surface area contributed by atoms with Gasteiger partial charge in [0.15, 0.2) is 6.61 Å². The van der Waals surface area contributed by atoms with Gasteiger partial charge in [-0.1, -0.05) is 0 Å². The van der Waals surface area contributed by atoms with Gasteiger partial charge >= 0.3 is 5.97 Å². The van der Waals surface area contributed by atoms with Crippen LogP contribution >= 0.6 is 0 Å². The Kier molecular flexibility index (Phi) is 6.02. The number of carboxylic acid groups (broad SMARTS) is 1. The number of nitrogens with zero attached hydrogens (tertiary/aromatic N) is 1. The molecule has 1 aliphatic heterocycles. The van der Waals surface area contributed by atoms with Crippen molar-refractivity contribution in [2.75, 3.05) is 32.0 Å². The van der Waals surface area contributed by atoms with Gasteiger partial charge in [0, 0.05) is 25.2 Å². The van der Waals surface area contributed by atoms with Crippen LogP contribution in [0, 0.1) is 13.8 Å². The van der Waals surface area contributed by atoms with E-state index in [-0.39, 0.29) is 24.7 Å². The molecule has 1 aromatic carbocycles. The third-order valence-electron chi connectivity index (χ3n) is 3.91. The van der Waals surface area contributed by atoms with Crippen molar-refractivity contribution in [2.24, 2.45) is 0 Å². The van der Waals surface area contributed by atoms with E-state index in [1.165, 1.54) is 4.31 Å². The number of hydrogen-bond donors (Lipinski definition) is 2. The molecule has 8 nitrogen and oxygen atoms in total. The van der Waals surface area contributed by atoms with Gasteiger partial charge in [-0.05, 0) is 43.5 Å². The highest BCUT2D eigenvalue weighted by Crippen LogP contribution is 2.24. The molecule has 2 N–H and O–H groups in total. The van der Waals surface area contributed by atoms with Crippen LogP contribution in [-0.4, -0.2) is 61.7 Å². The summed E-state index contributed by atoms with van der Waals surface area (Å²) in [5.74, 6) is -0.774. The van der Waals surface area contributed by atoms with Crippen molar-refractivity contribution in [3.63, 3.8) is 0 Å². The number of nitrogens with one attached hydrogen (secondary N) is 1. The lowest BCUT2D eigenvalue weighted by molar-refractivity contribution is -0.139. The van der Waals surface area contributed by atoms with Crippen molar-refractivity contribution < 1.29 is 27.9 Å². The molecule has 0 atom stereocenters. The van der Waals surface area contributed by atoms with Gasteiger partial charge in [0.2, 0.25) is 10.0 Å². The Morgan fingerprint density at radius 3 is 2.44 bits per heavy atom. The molecule has 0 unspecified atom stereocenters. The number of aryl methyl sites for hydroxylation is 2. The van der Waals surface area contributed by atoms with Crippen LogP contribution in [0.15, 0.2) is 12.1 Å². The minimum Gasteiger partial charge on any atom is -0.481 e. The number of carbonyl (C=O) groups excluding carboxylic acids is 1. The minimum absolute atomic E-state index is 0.164. The van der Waals surface area contributed by atoms with Crippen LogP contribution in [-0.2, 0) is 14.8 Å². The van der Waals surface area contributed by atoms with Gasteiger partial charge in [0.25, 0.3) is 5.91 Å². The first-order valence-corrected chi connectivity index (χ1v) is 9.53. The van der Waals surface area contributed by atoms with E-state index in [0.717, 1.165) is 0 Å². The molecule has 1 heterocycles. The Morgan fingerprint density at radius 2 is 1.92 bits per heavy atom. The van der Waals surface area contributed by atoms with Crippen molar-refractivity contribution >= 4 is 21.9 Å². The lowest BCUT2D eigenvalue weighted by Gasteiger charge is -2.15. The minimum atomic E-state index is -3.16. The Labute approximate surface area is 146 Å². The van der Waals surface area contributed by atoms with E-state index in [9.17, 15) is 18.0 Å². The average Bonchev–Trinajstić information content (AvgIpc) is 2.84. The van der Waals surface area contributed by atoms with E-state index in [2.05, 4.69) is 5.32 Å². The molecule has 1 amide bonds. The summed E-state index contributed by atoms with van der Waals surface area (Å²) in [6.07, 6.45) is 0.618. The van der Waals surface area contributed by atoms with E-state index in [1.54, 1.807) is 26.0 Å². The van der Waals surface area contributed by atoms with Gasteiger partial charge in [-0.15, -0.1) is 0 Å². The standard InChI is InChI=1S/C16H22N2O6S/c1-11-8-13(9-12(2)15(11)24-10-14(19)20)16(21)17-4-6-18-5-3-7-25(18,22)23/h8-9H,3-7,10H2,1-2H3,(H,17,21)(H,19,20). The van der Waals surface area contributed by atoms with Crippen LogP contribution in [0.5, 0.6) is 5.75 Å². The molecule has 0 radical (unpaired) electrons. The smallest absolute Gasteiger partial charge is 0.341 e. The fraction of sp³-hybridized carbons (Fsp3) is 0.500. The Hall–Kier alpha value is -2.13. The summed E-state index contributed by atoms with van der Waals surface area (Å²) in [6, 6.07) is 3.23. The number of aliphatic carboxylic acids is 1. The molecule has 1 fully saturated rings. The molecule has 0 saturated carbocycles. The van der Waals surface area contributed by atoms with Gasteiger partial charge < -0.3 is 15.2 Å². The zero-order chi connectivity index (χ0) is 18.6. The van der Waals surface area contributed by atoms with E-state index in [0.29, 0.717) is 35.4 Å². The van der Waals surface area contributed by atoms with Crippen molar-refractivity contribution in [1.29, 1.82) is 0 Å². The predicted molar refractivity (Wildman–Crippen MR) is 91.4 cm³/mol. The highest BCUT2D eigenvalue weighted by Gasteiger charge is 2.27. The molecular weight excluding hydrogens is 348 g/mol. The maximum Gasteiger partial charge on any atom is 0.341 e. The predicted octanol–water partition coefficient (Wildman–Crippen LogP) is 0.532. The van der Waals surface area contributed by atoms with Gasteiger partial charge in [0.05, 0.1) is 5.75 Å². The molecule has 9 heteroatoms. The number of amides is 1. The molecule has 138 valence electrons. The fourth-order valence-electron chi connectivity index (χ4n) is 2.78. The Morgan fingerprint density at radius 1 is 1.28 bits per heavy atom. The normalized spacial score (nSPS) is 16.6. The molecular formula is C16H22N2O6S. The second-order valence-corrected chi connectivity index (χ2v) is 8.03. The molecule has 1 aromatic rings. The maximum atomic E-state index is 12.2. The van der Waals surface area contributed by atoms with E-state index >= 15 is 0 Å². The molecule has 2 rings (SSSR count). The number of sulfonamides is 1. The fourth-order valence-corrected chi connectivity index (χ4v) is 4.31.